The number of rotatable bonds is 5. The van der Waals surface area contributed by atoms with Gasteiger partial charge in [-0.15, -0.1) is 11.3 Å². The van der Waals surface area contributed by atoms with Crippen molar-refractivity contribution in [2.75, 3.05) is 18.9 Å². The Kier molecular flexibility index (Phi) is 5.65. The molecule has 0 saturated heterocycles. The standard InChI is InChI=1S/C17H13Cl2N5O2S/c1-2-22-15(25)13-6-9-14(23-17(21)24-16(9)27-13)8-5-12(26-4-3-20)11(19)7-10(8)18/h5-7H,2,4H2,1H3,(H,22,25)(H2,21,23,24). The summed E-state index contributed by atoms with van der Waals surface area (Å²) in [6.45, 7) is 2.18. The van der Waals surface area contributed by atoms with E-state index in [0.29, 0.717) is 43.7 Å². The second-order valence-corrected chi connectivity index (χ2v) is 7.17. The number of nitrogens with two attached hydrogens (primary N) is 1. The molecule has 1 aromatic carbocycles. The second-order valence-electron chi connectivity index (χ2n) is 5.33. The molecule has 138 valence electrons. The average molecular weight is 422 g/mol. The van der Waals surface area contributed by atoms with Crippen molar-refractivity contribution in [2.24, 2.45) is 0 Å². The maximum Gasteiger partial charge on any atom is 0.261 e. The van der Waals surface area contributed by atoms with Crippen molar-refractivity contribution in [3.63, 3.8) is 0 Å². The van der Waals surface area contributed by atoms with Gasteiger partial charge in [-0.3, -0.25) is 4.79 Å². The molecule has 10 heteroatoms. The summed E-state index contributed by atoms with van der Waals surface area (Å²) in [5, 5.41) is 12.7. The van der Waals surface area contributed by atoms with Gasteiger partial charge >= 0.3 is 0 Å². The van der Waals surface area contributed by atoms with E-state index in [1.807, 2.05) is 13.0 Å². The highest BCUT2D eigenvalue weighted by Crippen LogP contribution is 2.40. The summed E-state index contributed by atoms with van der Waals surface area (Å²) >= 11 is 13.7. The molecule has 2 aromatic heterocycles. The van der Waals surface area contributed by atoms with Crippen LogP contribution in [0.3, 0.4) is 0 Å². The number of hydrogen-bond donors (Lipinski definition) is 2. The van der Waals surface area contributed by atoms with E-state index in [1.165, 1.54) is 17.4 Å². The number of nitrogens with zero attached hydrogens (tertiary/aromatic N) is 3. The van der Waals surface area contributed by atoms with Gasteiger partial charge < -0.3 is 15.8 Å². The van der Waals surface area contributed by atoms with Gasteiger partial charge in [-0.2, -0.15) is 5.26 Å². The zero-order valence-corrected chi connectivity index (χ0v) is 16.4. The summed E-state index contributed by atoms with van der Waals surface area (Å²) in [7, 11) is 0. The lowest BCUT2D eigenvalue weighted by atomic mass is 10.1. The summed E-state index contributed by atoms with van der Waals surface area (Å²) in [6.07, 6.45) is 0. The molecule has 0 atom stereocenters. The molecule has 0 fully saturated rings. The number of thiophene rings is 1. The Morgan fingerprint density at radius 3 is 2.81 bits per heavy atom. The number of aromatic nitrogens is 2. The van der Waals surface area contributed by atoms with Gasteiger partial charge in [0, 0.05) is 17.5 Å². The first kappa shape index (κ1) is 19.2. The number of nitrogen functional groups attached to an aromatic ring is 1. The lowest BCUT2D eigenvalue weighted by Crippen LogP contribution is -2.21. The van der Waals surface area contributed by atoms with Gasteiger partial charge in [-0.1, -0.05) is 23.2 Å². The van der Waals surface area contributed by atoms with Crippen LogP contribution < -0.4 is 15.8 Å². The lowest BCUT2D eigenvalue weighted by Gasteiger charge is -2.10. The lowest BCUT2D eigenvalue weighted by molar-refractivity contribution is 0.0960. The van der Waals surface area contributed by atoms with E-state index < -0.39 is 0 Å². The topological polar surface area (TPSA) is 114 Å². The van der Waals surface area contributed by atoms with Crippen LogP contribution in [0.5, 0.6) is 5.75 Å². The molecule has 1 amide bonds. The fourth-order valence-electron chi connectivity index (χ4n) is 2.43. The van der Waals surface area contributed by atoms with Gasteiger partial charge in [0.2, 0.25) is 5.95 Å². The number of benzene rings is 1. The van der Waals surface area contributed by atoms with Crippen molar-refractivity contribution in [2.45, 2.75) is 6.92 Å². The Balaban J connectivity index is 2.19. The van der Waals surface area contributed by atoms with Crippen LogP contribution >= 0.6 is 34.5 Å². The summed E-state index contributed by atoms with van der Waals surface area (Å²) in [4.78, 5) is 21.7. The number of nitrogens with one attached hydrogen (secondary N) is 1. The minimum Gasteiger partial charge on any atom is -0.477 e. The predicted molar refractivity (Wildman–Crippen MR) is 106 cm³/mol. The zero-order valence-electron chi connectivity index (χ0n) is 14.0. The van der Waals surface area contributed by atoms with Gasteiger partial charge in [0.05, 0.1) is 20.6 Å². The van der Waals surface area contributed by atoms with E-state index in [2.05, 4.69) is 15.3 Å². The normalized spacial score (nSPS) is 10.6. The summed E-state index contributed by atoms with van der Waals surface area (Å²) in [6, 6.07) is 6.67. The summed E-state index contributed by atoms with van der Waals surface area (Å²) in [5.74, 6) is 0.139. The van der Waals surface area contributed by atoms with Crippen LogP contribution in [0, 0.1) is 11.3 Å². The summed E-state index contributed by atoms with van der Waals surface area (Å²) in [5.41, 5.74) is 6.80. The van der Waals surface area contributed by atoms with Crippen LogP contribution in [0.15, 0.2) is 18.2 Å². The Morgan fingerprint density at radius 1 is 1.33 bits per heavy atom. The Morgan fingerprint density at radius 2 is 2.11 bits per heavy atom. The minimum absolute atomic E-state index is 0.0484. The number of ether oxygens (including phenoxy) is 1. The highest BCUT2D eigenvalue weighted by atomic mass is 35.5. The maximum absolute atomic E-state index is 12.2. The van der Waals surface area contributed by atoms with Gasteiger partial charge in [0.1, 0.15) is 16.6 Å². The first-order valence-electron chi connectivity index (χ1n) is 7.79. The molecule has 0 saturated carbocycles. The summed E-state index contributed by atoms with van der Waals surface area (Å²) < 4.78 is 5.33. The smallest absolute Gasteiger partial charge is 0.261 e. The monoisotopic (exact) mass is 421 g/mol. The fraction of sp³-hybridized carbons (Fsp3) is 0.176. The van der Waals surface area contributed by atoms with Crippen LogP contribution in [0.25, 0.3) is 21.5 Å². The van der Waals surface area contributed by atoms with E-state index in [1.54, 1.807) is 12.1 Å². The van der Waals surface area contributed by atoms with Crippen molar-refractivity contribution in [1.82, 2.24) is 15.3 Å². The quantitative estimate of drug-likeness (QED) is 0.645. The van der Waals surface area contributed by atoms with Crippen LogP contribution in [0.1, 0.15) is 16.6 Å². The molecule has 27 heavy (non-hydrogen) atoms. The first-order valence-corrected chi connectivity index (χ1v) is 9.36. The SMILES string of the molecule is CCNC(=O)c1cc2c(-c3cc(OCC#N)c(Cl)cc3Cl)nc(N)nc2s1. The maximum atomic E-state index is 12.2. The molecule has 0 spiro atoms. The van der Waals surface area contributed by atoms with Crippen LogP contribution in [0.4, 0.5) is 5.95 Å². The predicted octanol–water partition coefficient (Wildman–Crippen LogP) is 3.90. The molecule has 3 rings (SSSR count). The number of nitriles is 1. The van der Waals surface area contributed by atoms with Crippen molar-refractivity contribution < 1.29 is 9.53 Å². The van der Waals surface area contributed by atoms with E-state index in [4.69, 9.17) is 38.9 Å². The molecule has 0 aliphatic rings. The number of anilines is 1. The molecule has 0 radical (unpaired) electrons. The average Bonchev–Trinajstić information content (AvgIpc) is 3.05. The van der Waals surface area contributed by atoms with E-state index in [0.717, 1.165) is 0 Å². The largest absolute Gasteiger partial charge is 0.477 e. The molecule has 0 aliphatic heterocycles. The van der Waals surface area contributed by atoms with Crippen molar-refractivity contribution >= 4 is 56.6 Å². The van der Waals surface area contributed by atoms with Gasteiger partial charge in [0.25, 0.3) is 5.91 Å². The Hall–Kier alpha value is -2.60. The van der Waals surface area contributed by atoms with E-state index in [9.17, 15) is 4.79 Å². The highest BCUT2D eigenvalue weighted by molar-refractivity contribution is 7.20. The molecule has 3 aromatic rings. The Bertz CT molecular complexity index is 1080. The number of amides is 1. The molecular formula is C17H13Cl2N5O2S. The highest BCUT2D eigenvalue weighted by Gasteiger charge is 2.19. The molecule has 2 heterocycles. The Labute approximate surface area is 168 Å². The van der Waals surface area contributed by atoms with Gasteiger partial charge in [0.15, 0.2) is 6.61 Å². The zero-order chi connectivity index (χ0) is 19.6. The number of carbonyl (C=O) groups is 1. The fourth-order valence-corrected chi connectivity index (χ4v) is 3.92. The molecular weight excluding hydrogens is 409 g/mol. The molecule has 0 unspecified atom stereocenters. The van der Waals surface area contributed by atoms with Crippen LogP contribution in [0.2, 0.25) is 10.0 Å². The number of fused-ring (bicyclic) bond motifs is 1. The molecule has 0 bridgehead atoms. The van der Waals surface area contributed by atoms with Crippen molar-refractivity contribution in [1.29, 1.82) is 5.26 Å². The minimum atomic E-state index is -0.203. The molecule has 3 N–H and O–H groups in total. The third-order valence-corrected chi connectivity index (χ3v) is 5.18. The van der Waals surface area contributed by atoms with Crippen LogP contribution in [-0.4, -0.2) is 29.0 Å². The number of halogens is 2. The number of carbonyl (C=O) groups excluding carboxylic acids is 1. The van der Waals surface area contributed by atoms with Gasteiger partial charge in [-0.05, 0) is 25.1 Å². The van der Waals surface area contributed by atoms with Gasteiger partial charge in [-0.25, -0.2) is 9.97 Å². The first-order chi connectivity index (χ1) is 12.9. The second kappa shape index (κ2) is 7.96. The third kappa shape index (κ3) is 3.90. The third-order valence-electron chi connectivity index (χ3n) is 3.54. The van der Waals surface area contributed by atoms with E-state index in [-0.39, 0.29) is 23.5 Å². The van der Waals surface area contributed by atoms with Crippen molar-refractivity contribution in [3.8, 4) is 23.1 Å². The molecule has 0 aliphatic carbocycles. The van der Waals surface area contributed by atoms with Crippen molar-refractivity contribution in [3.05, 3.63) is 33.1 Å². The molecule has 7 nitrogen and oxygen atoms in total. The number of hydrogen-bond acceptors (Lipinski definition) is 7. The van der Waals surface area contributed by atoms with Crippen LogP contribution in [-0.2, 0) is 0 Å². The van der Waals surface area contributed by atoms with E-state index >= 15 is 0 Å².